The van der Waals surface area contributed by atoms with E-state index in [1.807, 2.05) is 18.7 Å². The van der Waals surface area contributed by atoms with Crippen LogP contribution in [-0.4, -0.2) is 53.7 Å². The number of ketones is 1. The number of Topliss-reactive ketones (excluding diaryl/α,β-unsaturated/α-hetero) is 1. The van der Waals surface area contributed by atoms with Gasteiger partial charge in [0.05, 0.1) is 24.9 Å². The van der Waals surface area contributed by atoms with Crippen LogP contribution in [0.1, 0.15) is 24.2 Å². The molecule has 1 aliphatic heterocycles. The van der Waals surface area contributed by atoms with Gasteiger partial charge in [-0.15, -0.1) is 0 Å². The molecular weight excluding hydrogens is 261 g/mol. The minimum absolute atomic E-state index is 0.0237. The van der Waals surface area contributed by atoms with Gasteiger partial charge < -0.3 is 9.84 Å². The number of ether oxygens (including phenoxy) is 1. The number of carbonyl (C=O) groups is 1. The number of hydrogen-bond donors (Lipinski definition) is 1. The molecule has 1 aliphatic rings. The number of halogens is 1. The first-order valence-corrected chi connectivity index (χ1v) is 6.81. The van der Waals surface area contributed by atoms with Crippen LogP contribution in [0.3, 0.4) is 0 Å². The summed E-state index contributed by atoms with van der Waals surface area (Å²) in [6, 6.07) is 5.26. The Balaban J connectivity index is 2.07. The summed E-state index contributed by atoms with van der Waals surface area (Å²) in [7, 11) is 0. The average Bonchev–Trinajstić information content (AvgIpc) is 2.45. The van der Waals surface area contributed by atoms with E-state index in [1.165, 1.54) is 24.3 Å². The molecule has 0 radical (unpaired) electrons. The Bertz CT molecular complexity index is 463. The maximum absolute atomic E-state index is 12.9. The van der Waals surface area contributed by atoms with Gasteiger partial charge in [0.15, 0.2) is 5.78 Å². The van der Waals surface area contributed by atoms with Crippen molar-refractivity contribution in [3.8, 4) is 0 Å². The van der Waals surface area contributed by atoms with Crippen LogP contribution in [0.4, 0.5) is 4.39 Å². The van der Waals surface area contributed by atoms with Crippen LogP contribution in [0.2, 0.25) is 0 Å². The molecule has 1 fully saturated rings. The minimum atomic E-state index is -0.352. The molecule has 1 aromatic rings. The Morgan fingerprint density at radius 3 is 2.70 bits per heavy atom. The second-order valence-corrected chi connectivity index (χ2v) is 5.25. The number of benzene rings is 1. The number of morpholine rings is 1. The van der Waals surface area contributed by atoms with Gasteiger partial charge >= 0.3 is 0 Å². The minimum Gasteiger partial charge on any atom is -0.394 e. The van der Waals surface area contributed by atoms with Crippen LogP contribution in [0.15, 0.2) is 24.3 Å². The zero-order valence-electron chi connectivity index (χ0n) is 11.8. The Morgan fingerprint density at radius 2 is 2.10 bits per heavy atom. The number of aliphatic hydroxyl groups is 1. The molecular formula is C15H20FNO3. The molecule has 0 bridgehead atoms. The van der Waals surface area contributed by atoms with Crippen LogP contribution in [0.5, 0.6) is 0 Å². The van der Waals surface area contributed by atoms with Crippen molar-refractivity contribution in [1.29, 1.82) is 0 Å². The molecule has 1 aromatic carbocycles. The first-order valence-electron chi connectivity index (χ1n) is 6.81. The SMILES string of the molecule is CC1CN(C(C)C(=O)c2ccc(F)cc2)CC(CO)O1. The van der Waals surface area contributed by atoms with Crippen LogP contribution < -0.4 is 0 Å². The lowest BCUT2D eigenvalue weighted by atomic mass is 10.0. The fraction of sp³-hybridized carbons (Fsp3) is 0.533. The smallest absolute Gasteiger partial charge is 0.179 e. The first-order chi connectivity index (χ1) is 9.51. The summed E-state index contributed by atoms with van der Waals surface area (Å²) in [5.41, 5.74) is 0.499. The number of rotatable bonds is 4. The normalized spacial score (nSPS) is 25.4. The summed E-state index contributed by atoms with van der Waals surface area (Å²) in [4.78, 5) is 14.4. The molecule has 0 amide bonds. The molecule has 0 saturated carbocycles. The highest BCUT2D eigenvalue weighted by Gasteiger charge is 2.31. The summed E-state index contributed by atoms with van der Waals surface area (Å²) >= 11 is 0. The van der Waals surface area contributed by atoms with Crippen molar-refractivity contribution in [3.63, 3.8) is 0 Å². The number of carbonyl (C=O) groups excluding carboxylic acids is 1. The Hall–Kier alpha value is -1.30. The molecule has 0 spiro atoms. The molecule has 20 heavy (non-hydrogen) atoms. The summed E-state index contributed by atoms with van der Waals surface area (Å²) in [5.74, 6) is -0.398. The molecule has 0 aromatic heterocycles. The Kier molecular flexibility index (Phi) is 4.86. The third-order valence-corrected chi connectivity index (χ3v) is 3.61. The second-order valence-electron chi connectivity index (χ2n) is 5.25. The maximum atomic E-state index is 12.9. The maximum Gasteiger partial charge on any atom is 0.179 e. The number of hydrogen-bond acceptors (Lipinski definition) is 4. The predicted octanol–water partition coefficient (Wildman–Crippen LogP) is 1.48. The fourth-order valence-corrected chi connectivity index (χ4v) is 2.52. The van der Waals surface area contributed by atoms with Crippen molar-refractivity contribution in [2.75, 3.05) is 19.7 Å². The molecule has 4 nitrogen and oxygen atoms in total. The van der Waals surface area contributed by atoms with Crippen molar-refractivity contribution >= 4 is 5.78 Å². The molecule has 1 saturated heterocycles. The van der Waals surface area contributed by atoms with E-state index in [9.17, 15) is 14.3 Å². The lowest BCUT2D eigenvalue weighted by Crippen LogP contribution is -2.53. The van der Waals surface area contributed by atoms with Crippen molar-refractivity contribution in [2.45, 2.75) is 32.1 Å². The lowest BCUT2D eigenvalue weighted by molar-refractivity contribution is -0.100. The molecule has 0 aliphatic carbocycles. The molecule has 3 unspecified atom stereocenters. The van der Waals surface area contributed by atoms with Gasteiger partial charge in [-0.1, -0.05) is 0 Å². The van der Waals surface area contributed by atoms with Gasteiger partial charge in [-0.25, -0.2) is 4.39 Å². The highest BCUT2D eigenvalue weighted by atomic mass is 19.1. The average molecular weight is 281 g/mol. The molecule has 5 heteroatoms. The van der Waals surface area contributed by atoms with Gasteiger partial charge in [-0.3, -0.25) is 9.69 Å². The van der Waals surface area contributed by atoms with Gasteiger partial charge in [0, 0.05) is 18.7 Å². The first kappa shape index (κ1) is 15.1. The van der Waals surface area contributed by atoms with E-state index in [0.717, 1.165) is 0 Å². The monoisotopic (exact) mass is 281 g/mol. The zero-order chi connectivity index (χ0) is 14.7. The van der Waals surface area contributed by atoms with Gasteiger partial charge in [0.1, 0.15) is 5.82 Å². The van der Waals surface area contributed by atoms with Crippen molar-refractivity contribution in [1.82, 2.24) is 4.90 Å². The van der Waals surface area contributed by atoms with Crippen molar-refractivity contribution < 1.29 is 19.0 Å². The Morgan fingerprint density at radius 1 is 1.45 bits per heavy atom. The van der Waals surface area contributed by atoms with Gasteiger partial charge in [-0.05, 0) is 38.1 Å². The topological polar surface area (TPSA) is 49.8 Å². The fourth-order valence-electron chi connectivity index (χ4n) is 2.52. The van der Waals surface area contributed by atoms with E-state index in [-0.39, 0.29) is 36.5 Å². The molecule has 2 rings (SSSR count). The predicted molar refractivity (Wildman–Crippen MR) is 73.2 cm³/mol. The summed E-state index contributed by atoms with van der Waals surface area (Å²) in [6.45, 7) is 4.86. The molecule has 1 heterocycles. The van der Waals surface area contributed by atoms with Gasteiger partial charge in [-0.2, -0.15) is 0 Å². The van der Waals surface area contributed by atoms with Crippen LogP contribution in [-0.2, 0) is 4.74 Å². The molecule has 110 valence electrons. The molecule has 3 atom stereocenters. The van der Waals surface area contributed by atoms with E-state index in [1.54, 1.807) is 0 Å². The molecule has 1 N–H and O–H groups in total. The zero-order valence-corrected chi connectivity index (χ0v) is 11.8. The van der Waals surface area contributed by atoms with E-state index in [4.69, 9.17) is 4.74 Å². The number of nitrogens with zero attached hydrogens (tertiary/aromatic N) is 1. The summed E-state index contributed by atoms with van der Waals surface area (Å²) in [5, 5.41) is 9.22. The third kappa shape index (κ3) is 3.42. The lowest BCUT2D eigenvalue weighted by Gasteiger charge is -2.38. The van der Waals surface area contributed by atoms with Crippen molar-refractivity contribution in [3.05, 3.63) is 35.6 Å². The summed E-state index contributed by atoms with van der Waals surface area (Å²) < 4.78 is 18.5. The Labute approximate surface area is 118 Å². The quantitative estimate of drug-likeness (QED) is 0.849. The second kappa shape index (κ2) is 6.43. The van der Waals surface area contributed by atoms with E-state index >= 15 is 0 Å². The van der Waals surface area contributed by atoms with Crippen LogP contribution >= 0.6 is 0 Å². The van der Waals surface area contributed by atoms with Crippen LogP contribution in [0, 0.1) is 5.82 Å². The highest BCUT2D eigenvalue weighted by Crippen LogP contribution is 2.17. The van der Waals surface area contributed by atoms with Gasteiger partial charge in [0.25, 0.3) is 0 Å². The van der Waals surface area contributed by atoms with Gasteiger partial charge in [0.2, 0.25) is 0 Å². The van der Waals surface area contributed by atoms with Crippen LogP contribution in [0.25, 0.3) is 0 Å². The van der Waals surface area contributed by atoms with E-state index in [0.29, 0.717) is 18.7 Å². The largest absolute Gasteiger partial charge is 0.394 e. The summed E-state index contributed by atoms with van der Waals surface area (Å²) in [6.07, 6.45) is -0.286. The highest BCUT2D eigenvalue weighted by molar-refractivity contribution is 5.99. The van der Waals surface area contributed by atoms with E-state index < -0.39 is 0 Å². The third-order valence-electron chi connectivity index (χ3n) is 3.61. The van der Waals surface area contributed by atoms with Crippen molar-refractivity contribution in [2.24, 2.45) is 0 Å². The standard InChI is InChI=1S/C15H20FNO3/c1-10-7-17(8-14(9-18)20-10)11(2)15(19)12-3-5-13(16)6-4-12/h3-6,10-11,14,18H,7-9H2,1-2H3. The number of aliphatic hydroxyl groups excluding tert-OH is 1. The van der Waals surface area contributed by atoms with E-state index in [2.05, 4.69) is 0 Å².